The molecule has 0 aliphatic carbocycles. The fraction of sp³-hybridized carbons (Fsp3) is 0.500. The van der Waals surface area contributed by atoms with E-state index in [1.54, 1.807) is 6.92 Å². The van der Waals surface area contributed by atoms with Crippen LogP contribution in [0.2, 0.25) is 0 Å². The number of aryl methyl sites for hydroxylation is 1. The molecule has 1 aromatic rings. The first-order chi connectivity index (χ1) is 7.95. The molecule has 3 nitrogen and oxygen atoms in total. The van der Waals surface area contributed by atoms with Crippen molar-refractivity contribution < 1.29 is 8.42 Å². The van der Waals surface area contributed by atoms with E-state index in [9.17, 15) is 8.42 Å². The molecule has 0 fully saturated rings. The molecule has 0 spiro atoms. The van der Waals surface area contributed by atoms with E-state index in [2.05, 4.69) is 0 Å². The summed E-state index contributed by atoms with van der Waals surface area (Å²) in [4.78, 5) is 0. The van der Waals surface area contributed by atoms with Crippen LogP contribution < -0.4 is 4.31 Å². The smallest absolute Gasteiger partial charge is 0.238 e. The highest BCUT2D eigenvalue weighted by atomic mass is 35.5. The topological polar surface area (TPSA) is 37.4 Å². The number of halogens is 1. The molecule has 0 aliphatic heterocycles. The van der Waals surface area contributed by atoms with E-state index in [-0.39, 0.29) is 5.88 Å². The van der Waals surface area contributed by atoms with E-state index in [1.807, 2.05) is 38.1 Å². The lowest BCUT2D eigenvalue weighted by Gasteiger charge is -2.27. The zero-order valence-corrected chi connectivity index (χ0v) is 11.9. The lowest BCUT2D eigenvalue weighted by molar-refractivity contribution is 0.583. The molecule has 5 heteroatoms. The molecule has 1 atom stereocenters. The summed E-state index contributed by atoms with van der Waals surface area (Å²) >= 11 is 5.66. The van der Waals surface area contributed by atoms with Crippen LogP contribution in [-0.2, 0) is 10.0 Å². The Labute approximate surface area is 108 Å². The maximum atomic E-state index is 12.3. The Morgan fingerprint density at radius 1 is 1.35 bits per heavy atom. The van der Waals surface area contributed by atoms with Gasteiger partial charge in [0.2, 0.25) is 10.0 Å². The summed E-state index contributed by atoms with van der Waals surface area (Å²) in [6.45, 7) is 5.77. The number of benzene rings is 1. The van der Waals surface area contributed by atoms with Gasteiger partial charge < -0.3 is 0 Å². The fourth-order valence-corrected chi connectivity index (χ4v) is 3.54. The number of rotatable bonds is 5. The maximum Gasteiger partial charge on any atom is 0.238 e. The van der Waals surface area contributed by atoms with Crippen molar-refractivity contribution in [1.82, 2.24) is 0 Å². The Kier molecular flexibility index (Phi) is 4.83. The second-order valence-corrected chi connectivity index (χ2v) is 6.55. The molecule has 0 heterocycles. The summed E-state index contributed by atoms with van der Waals surface area (Å²) in [6, 6.07) is 7.45. The van der Waals surface area contributed by atoms with E-state index >= 15 is 0 Å². The minimum absolute atomic E-state index is 0.102. The van der Waals surface area contributed by atoms with Gasteiger partial charge in [-0.1, -0.05) is 18.2 Å². The summed E-state index contributed by atoms with van der Waals surface area (Å²) in [6.07, 6.45) is 0. The van der Waals surface area contributed by atoms with E-state index in [0.717, 1.165) is 11.3 Å². The van der Waals surface area contributed by atoms with Gasteiger partial charge in [0.15, 0.2) is 0 Å². The zero-order valence-electron chi connectivity index (χ0n) is 10.4. The third-order valence-electron chi connectivity index (χ3n) is 2.70. The predicted octanol–water partition coefficient (Wildman–Crippen LogP) is 2.78. The number of alkyl halides is 1. The molecular formula is C12H18ClNO2S. The summed E-state index contributed by atoms with van der Waals surface area (Å²) in [5.74, 6) is 0.102. The molecule has 1 rings (SSSR count). The first-order valence-electron chi connectivity index (χ1n) is 5.58. The third-order valence-corrected chi connectivity index (χ3v) is 5.60. The predicted molar refractivity (Wildman–Crippen MR) is 73.3 cm³/mol. The van der Waals surface area contributed by atoms with Gasteiger partial charge in [0.25, 0.3) is 0 Å². The largest absolute Gasteiger partial charge is 0.270 e. The first-order valence-corrected chi connectivity index (χ1v) is 7.62. The molecule has 0 radical (unpaired) electrons. The maximum absolute atomic E-state index is 12.3. The van der Waals surface area contributed by atoms with Gasteiger partial charge in [-0.2, -0.15) is 0 Å². The average Bonchev–Trinajstić information content (AvgIpc) is 2.31. The number of anilines is 1. The van der Waals surface area contributed by atoms with Crippen LogP contribution in [0, 0.1) is 6.92 Å². The van der Waals surface area contributed by atoms with Gasteiger partial charge in [-0.25, -0.2) is 8.42 Å². The van der Waals surface area contributed by atoms with Crippen molar-refractivity contribution in [2.75, 3.05) is 16.7 Å². The van der Waals surface area contributed by atoms with Crippen molar-refractivity contribution in [3.05, 3.63) is 29.8 Å². The quantitative estimate of drug-likeness (QED) is 0.775. The van der Waals surface area contributed by atoms with Gasteiger partial charge in [0.05, 0.1) is 10.9 Å². The second-order valence-electron chi connectivity index (χ2n) is 3.96. The van der Waals surface area contributed by atoms with Crippen molar-refractivity contribution in [1.29, 1.82) is 0 Å². The minimum Gasteiger partial charge on any atom is -0.270 e. The number of hydrogen-bond acceptors (Lipinski definition) is 2. The van der Waals surface area contributed by atoms with Crippen LogP contribution >= 0.6 is 11.6 Å². The van der Waals surface area contributed by atoms with Crippen molar-refractivity contribution in [3.8, 4) is 0 Å². The second kappa shape index (κ2) is 5.74. The molecule has 1 unspecified atom stereocenters. The lowest BCUT2D eigenvalue weighted by atomic mass is 10.2. The van der Waals surface area contributed by atoms with Crippen LogP contribution in [0.3, 0.4) is 0 Å². The van der Waals surface area contributed by atoms with Crippen molar-refractivity contribution in [2.24, 2.45) is 0 Å². The van der Waals surface area contributed by atoms with E-state index in [0.29, 0.717) is 6.54 Å². The molecule has 17 heavy (non-hydrogen) atoms. The molecule has 96 valence electrons. The van der Waals surface area contributed by atoms with Crippen LogP contribution in [0.1, 0.15) is 19.4 Å². The Bertz CT molecular complexity index is 473. The molecule has 1 aromatic carbocycles. The molecule has 0 saturated carbocycles. The molecule has 0 saturated heterocycles. The average molecular weight is 276 g/mol. The van der Waals surface area contributed by atoms with Crippen molar-refractivity contribution in [2.45, 2.75) is 26.0 Å². The Morgan fingerprint density at radius 2 is 1.94 bits per heavy atom. The highest BCUT2D eigenvalue weighted by molar-refractivity contribution is 7.93. The molecule has 0 aromatic heterocycles. The molecule has 0 N–H and O–H groups in total. The van der Waals surface area contributed by atoms with E-state index in [1.165, 1.54) is 4.31 Å². The van der Waals surface area contributed by atoms with Crippen molar-refractivity contribution in [3.63, 3.8) is 0 Å². The SMILES string of the molecule is CCN(c1ccccc1C)S(=O)(=O)C(C)CCl. The zero-order chi connectivity index (χ0) is 13.1. The van der Waals surface area contributed by atoms with Crippen LogP contribution in [0.25, 0.3) is 0 Å². The highest BCUT2D eigenvalue weighted by Gasteiger charge is 2.27. The molecule has 0 bridgehead atoms. The highest BCUT2D eigenvalue weighted by Crippen LogP contribution is 2.24. The van der Waals surface area contributed by atoms with Gasteiger partial charge in [0.1, 0.15) is 0 Å². The number of para-hydroxylation sites is 1. The molecular weight excluding hydrogens is 258 g/mol. The summed E-state index contributed by atoms with van der Waals surface area (Å²) in [5, 5.41) is -0.580. The van der Waals surface area contributed by atoms with Gasteiger partial charge in [0, 0.05) is 12.4 Å². The molecule has 0 aliphatic rings. The first kappa shape index (κ1) is 14.3. The van der Waals surface area contributed by atoms with E-state index < -0.39 is 15.3 Å². The van der Waals surface area contributed by atoms with Gasteiger partial charge >= 0.3 is 0 Å². The van der Waals surface area contributed by atoms with E-state index in [4.69, 9.17) is 11.6 Å². The van der Waals surface area contributed by atoms with Crippen LogP contribution in [0.4, 0.5) is 5.69 Å². The summed E-state index contributed by atoms with van der Waals surface area (Å²) in [5.41, 5.74) is 1.67. The summed E-state index contributed by atoms with van der Waals surface area (Å²) < 4.78 is 26.0. The van der Waals surface area contributed by atoms with Gasteiger partial charge in [-0.05, 0) is 32.4 Å². The fourth-order valence-electron chi connectivity index (χ4n) is 1.63. The van der Waals surface area contributed by atoms with Gasteiger partial charge in [-0.3, -0.25) is 4.31 Å². The van der Waals surface area contributed by atoms with Crippen LogP contribution in [0.15, 0.2) is 24.3 Å². The Balaban J connectivity index is 3.22. The standard InChI is InChI=1S/C12H18ClNO2S/c1-4-14(17(15,16)11(3)9-13)12-8-6-5-7-10(12)2/h5-8,11H,4,9H2,1-3H3. The number of hydrogen-bond donors (Lipinski definition) is 0. The van der Waals surface area contributed by atoms with Crippen LogP contribution in [0.5, 0.6) is 0 Å². The lowest BCUT2D eigenvalue weighted by Crippen LogP contribution is -2.38. The van der Waals surface area contributed by atoms with Gasteiger partial charge in [-0.15, -0.1) is 11.6 Å². The number of sulfonamides is 1. The number of nitrogens with zero attached hydrogens (tertiary/aromatic N) is 1. The third kappa shape index (κ3) is 2.93. The monoisotopic (exact) mass is 275 g/mol. The minimum atomic E-state index is -3.38. The normalized spacial score (nSPS) is 13.4. The Morgan fingerprint density at radius 3 is 2.41 bits per heavy atom. The molecule has 0 amide bonds. The summed E-state index contributed by atoms with van der Waals surface area (Å²) in [7, 11) is -3.38. The van der Waals surface area contributed by atoms with Crippen LogP contribution in [-0.4, -0.2) is 26.1 Å². The van der Waals surface area contributed by atoms with Crippen molar-refractivity contribution >= 4 is 27.3 Å². The Hall–Kier alpha value is -0.740.